The fourth-order valence-electron chi connectivity index (χ4n) is 3.43. The number of amides is 2. The van der Waals surface area contributed by atoms with E-state index in [1.54, 1.807) is 48.5 Å². The maximum absolute atomic E-state index is 13.3. The number of para-hydroxylation sites is 2. The van der Waals surface area contributed by atoms with Crippen LogP contribution in [0.5, 0.6) is 0 Å². The third-order valence-electron chi connectivity index (χ3n) is 5.42. The van der Waals surface area contributed by atoms with Crippen molar-refractivity contribution < 1.29 is 28.7 Å². The first-order chi connectivity index (χ1) is 18.2. The molecule has 10 nitrogen and oxygen atoms in total. The lowest BCUT2D eigenvalue weighted by Gasteiger charge is -2.20. The van der Waals surface area contributed by atoms with Crippen LogP contribution in [0.4, 0.5) is 11.4 Å². The molecule has 0 saturated carbocycles. The molecule has 2 aromatic carbocycles. The van der Waals surface area contributed by atoms with Crippen molar-refractivity contribution in [1.82, 2.24) is 10.6 Å². The molecule has 0 saturated heterocycles. The molecule has 2 amide bonds. The Morgan fingerprint density at radius 1 is 0.632 bits per heavy atom. The van der Waals surface area contributed by atoms with Gasteiger partial charge >= 0.3 is 11.9 Å². The van der Waals surface area contributed by atoms with Gasteiger partial charge in [0.05, 0.1) is 48.2 Å². The van der Waals surface area contributed by atoms with Gasteiger partial charge in [0.15, 0.2) is 0 Å². The number of carbonyl (C=O) groups excluding carboxylic acids is 4. The van der Waals surface area contributed by atoms with E-state index in [0.717, 1.165) is 0 Å². The quantitative estimate of drug-likeness (QED) is 0.409. The van der Waals surface area contributed by atoms with E-state index in [1.807, 2.05) is 12.1 Å². The van der Waals surface area contributed by atoms with Crippen molar-refractivity contribution in [2.24, 2.45) is 9.98 Å². The third-order valence-corrected chi connectivity index (χ3v) is 5.42. The molecule has 0 aliphatic heterocycles. The average molecular weight is 517 g/mol. The minimum atomic E-state index is -0.935. The first-order valence-corrected chi connectivity index (χ1v) is 11.7. The Kier molecular flexibility index (Phi) is 9.42. The summed E-state index contributed by atoms with van der Waals surface area (Å²) in [6, 6.07) is 15.8. The maximum atomic E-state index is 13.3. The minimum absolute atomic E-state index is 0.0804. The number of methoxy groups -OCH3 is 2. The van der Waals surface area contributed by atoms with Gasteiger partial charge in [-0.2, -0.15) is 0 Å². The van der Waals surface area contributed by atoms with Gasteiger partial charge in [0.25, 0.3) is 11.8 Å². The van der Waals surface area contributed by atoms with Crippen molar-refractivity contribution in [3.8, 4) is 0 Å². The lowest BCUT2D eigenvalue weighted by Crippen LogP contribution is -2.43. The fourth-order valence-corrected chi connectivity index (χ4v) is 3.43. The highest BCUT2D eigenvalue weighted by Crippen LogP contribution is 2.23. The van der Waals surface area contributed by atoms with Crippen molar-refractivity contribution in [2.75, 3.05) is 14.2 Å². The zero-order valence-electron chi connectivity index (χ0n) is 21.4. The number of esters is 2. The molecule has 2 atom stereocenters. The monoisotopic (exact) mass is 516 g/mol. The van der Waals surface area contributed by atoms with Gasteiger partial charge in [-0.3, -0.25) is 9.59 Å². The summed E-state index contributed by atoms with van der Waals surface area (Å²) in [6.07, 6.45) is 2.84. The molecule has 2 N–H and O–H groups in total. The Morgan fingerprint density at radius 3 is 1.29 bits per heavy atom. The van der Waals surface area contributed by atoms with Gasteiger partial charge in [0.2, 0.25) is 0 Å². The van der Waals surface area contributed by atoms with Crippen molar-refractivity contribution in [1.29, 1.82) is 0 Å². The Bertz CT molecular complexity index is 1230. The second-order valence-electron chi connectivity index (χ2n) is 8.22. The van der Waals surface area contributed by atoms with Gasteiger partial charge < -0.3 is 20.1 Å². The van der Waals surface area contributed by atoms with E-state index < -0.39 is 35.8 Å². The summed E-state index contributed by atoms with van der Waals surface area (Å²) < 4.78 is 9.41. The standard InChI is InChI=1S/C28H28N4O6/c1-17(27(35)37-3)29-25(33)21-15-24(32-20-13-9-6-10-14-20)22(26(34)30-18(2)28(36)38-4)16-23(21)31-19-11-7-5-8-12-19/h5-18H,1-4H3,(H,29,33)(H,30,34)/t17-,18-/m1/s1. The minimum Gasteiger partial charge on any atom is -0.467 e. The van der Waals surface area contributed by atoms with Crippen LogP contribution in [0, 0.1) is 0 Å². The summed E-state index contributed by atoms with van der Waals surface area (Å²) in [7, 11) is 2.45. The Balaban J connectivity index is 2.13. The molecular weight excluding hydrogens is 488 g/mol. The molecule has 196 valence electrons. The molecule has 1 aliphatic carbocycles. The van der Waals surface area contributed by atoms with Crippen LogP contribution in [-0.4, -0.2) is 61.5 Å². The number of allylic oxidation sites excluding steroid dienone is 2. The molecule has 0 fully saturated rings. The highest BCUT2D eigenvalue weighted by atomic mass is 16.5. The van der Waals surface area contributed by atoms with Crippen LogP contribution in [0.15, 0.2) is 93.9 Å². The van der Waals surface area contributed by atoms with E-state index in [0.29, 0.717) is 11.4 Å². The Hall–Kier alpha value is -4.86. The van der Waals surface area contributed by atoms with E-state index >= 15 is 0 Å². The predicted octanol–water partition coefficient (Wildman–Crippen LogP) is 2.75. The molecule has 0 radical (unpaired) electrons. The Labute approximate surface area is 220 Å². The van der Waals surface area contributed by atoms with Crippen molar-refractivity contribution >= 4 is 46.6 Å². The molecule has 0 bridgehead atoms. The van der Waals surface area contributed by atoms with Gasteiger partial charge in [-0.15, -0.1) is 0 Å². The summed E-state index contributed by atoms with van der Waals surface area (Å²) >= 11 is 0. The molecule has 2 aromatic rings. The topological polar surface area (TPSA) is 136 Å². The van der Waals surface area contributed by atoms with Crippen molar-refractivity contribution in [2.45, 2.75) is 25.9 Å². The van der Waals surface area contributed by atoms with E-state index in [-0.39, 0.29) is 22.6 Å². The molecular formula is C28H28N4O6. The fraction of sp³-hybridized carbons (Fsp3) is 0.214. The molecule has 3 rings (SSSR count). The van der Waals surface area contributed by atoms with Gasteiger partial charge in [0.1, 0.15) is 12.1 Å². The number of hydrogen-bond acceptors (Lipinski definition) is 8. The van der Waals surface area contributed by atoms with Crippen LogP contribution in [-0.2, 0) is 28.7 Å². The van der Waals surface area contributed by atoms with Gasteiger partial charge in [-0.05, 0) is 50.3 Å². The maximum Gasteiger partial charge on any atom is 0.328 e. The van der Waals surface area contributed by atoms with E-state index in [1.165, 1.54) is 40.2 Å². The number of ether oxygens (including phenoxy) is 2. The largest absolute Gasteiger partial charge is 0.467 e. The van der Waals surface area contributed by atoms with Crippen LogP contribution < -0.4 is 10.6 Å². The third kappa shape index (κ3) is 7.10. The summed E-state index contributed by atoms with van der Waals surface area (Å²) in [4.78, 5) is 59.6. The van der Waals surface area contributed by atoms with Crippen LogP contribution in [0.3, 0.4) is 0 Å². The van der Waals surface area contributed by atoms with Crippen LogP contribution in [0.25, 0.3) is 0 Å². The smallest absolute Gasteiger partial charge is 0.328 e. The Morgan fingerprint density at radius 2 is 0.974 bits per heavy atom. The highest BCUT2D eigenvalue weighted by Gasteiger charge is 2.29. The zero-order valence-corrected chi connectivity index (χ0v) is 21.4. The molecule has 0 heterocycles. The van der Waals surface area contributed by atoms with Crippen molar-refractivity contribution in [3.05, 3.63) is 84.0 Å². The number of aliphatic imine (C=N–C) groups is 2. The summed E-state index contributed by atoms with van der Waals surface area (Å²) in [6.45, 7) is 2.98. The zero-order chi connectivity index (χ0) is 27.7. The summed E-state index contributed by atoms with van der Waals surface area (Å²) in [5, 5.41) is 5.18. The molecule has 1 aliphatic rings. The number of carbonyl (C=O) groups is 4. The molecule has 0 unspecified atom stereocenters. The second-order valence-corrected chi connectivity index (χ2v) is 8.22. The lowest BCUT2D eigenvalue weighted by atomic mass is 9.93. The number of nitrogens with one attached hydrogen (secondary N) is 2. The van der Waals surface area contributed by atoms with Crippen LogP contribution in [0.2, 0.25) is 0 Å². The SMILES string of the molecule is COC(=O)[C@@H](C)NC(=O)C1=CC(=Nc2ccccc2)C(C(=O)N[C@H](C)C(=O)OC)=CC1=Nc1ccccc1. The first kappa shape index (κ1) is 27.7. The van der Waals surface area contributed by atoms with Crippen LogP contribution >= 0.6 is 0 Å². The summed E-state index contributed by atoms with van der Waals surface area (Å²) in [5.41, 5.74) is 1.55. The number of nitrogens with zero attached hydrogens (tertiary/aromatic N) is 2. The highest BCUT2D eigenvalue weighted by molar-refractivity contribution is 6.40. The van der Waals surface area contributed by atoms with Gasteiger partial charge in [-0.25, -0.2) is 19.6 Å². The lowest BCUT2D eigenvalue weighted by molar-refractivity contribution is -0.144. The molecule has 0 spiro atoms. The van der Waals surface area contributed by atoms with E-state index in [2.05, 4.69) is 20.6 Å². The van der Waals surface area contributed by atoms with E-state index in [4.69, 9.17) is 9.47 Å². The van der Waals surface area contributed by atoms with Crippen LogP contribution in [0.1, 0.15) is 13.8 Å². The van der Waals surface area contributed by atoms with Gasteiger partial charge in [-0.1, -0.05) is 36.4 Å². The number of benzene rings is 2. The van der Waals surface area contributed by atoms with E-state index in [9.17, 15) is 19.2 Å². The predicted molar refractivity (Wildman–Crippen MR) is 142 cm³/mol. The number of hydrogen-bond donors (Lipinski definition) is 2. The molecule has 10 heteroatoms. The van der Waals surface area contributed by atoms with Crippen molar-refractivity contribution in [3.63, 3.8) is 0 Å². The molecule has 0 aromatic heterocycles. The average Bonchev–Trinajstić information content (AvgIpc) is 2.93. The number of rotatable bonds is 8. The summed E-state index contributed by atoms with van der Waals surface area (Å²) in [5.74, 6) is -2.47. The second kappa shape index (κ2) is 12.9. The normalized spacial score (nSPS) is 16.5. The molecule has 38 heavy (non-hydrogen) atoms. The first-order valence-electron chi connectivity index (χ1n) is 11.7. The van der Waals surface area contributed by atoms with Gasteiger partial charge in [0, 0.05) is 0 Å².